The highest BCUT2D eigenvalue weighted by atomic mass is 15.2. The van der Waals surface area contributed by atoms with Crippen molar-refractivity contribution >= 4 is 0 Å². The number of benzene rings is 1. The van der Waals surface area contributed by atoms with Crippen LogP contribution in [0.2, 0.25) is 0 Å². The Kier molecular flexibility index (Phi) is 3.64. The summed E-state index contributed by atoms with van der Waals surface area (Å²) in [5.41, 5.74) is 7.37. The van der Waals surface area contributed by atoms with E-state index in [1.807, 2.05) is 0 Å². The van der Waals surface area contributed by atoms with Crippen molar-refractivity contribution in [1.82, 2.24) is 9.80 Å². The lowest BCUT2D eigenvalue weighted by Crippen LogP contribution is -2.50. The van der Waals surface area contributed by atoms with Crippen LogP contribution >= 0.6 is 0 Å². The largest absolute Gasteiger partial charge is 0.326 e. The van der Waals surface area contributed by atoms with Gasteiger partial charge in [0, 0.05) is 38.8 Å². The molecule has 1 unspecified atom stereocenters. The van der Waals surface area contributed by atoms with Gasteiger partial charge < -0.3 is 10.6 Å². The number of rotatable bonds is 4. The summed E-state index contributed by atoms with van der Waals surface area (Å²) in [6.07, 6.45) is 1.18. The van der Waals surface area contributed by atoms with Gasteiger partial charge in [-0.25, -0.2) is 0 Å². The lowest BCUT2D eigenvalue weighted by Gasteiger charge is -2.41. The molecular formula is C15H23N3. The normalized spacial score (nSPS) is 26.4. The fraction of sp³-hybridized carbons (Fsp3) is 0.600. The minimum Gasteiger partial charge on any atom is -0.326 e. The molecule has 18 heavy (non-hydrogen) atoms. The molecule has 0 aliphatic carbocycles. The number of nitrogens with zero attached hydrogens (tertiary/aromatic N) is 2. The predicted octanol–water partition coefficient (Wildman–Crippen LogP) is 1.15. The van der Waals surface area contributed by atoms with Crippen molar-refractivity contribution in [2.45, 2.75) is 19.0 Å². The third-order valence-corrected chi connectivity index (χ3v) is 4.11. The summed E-state index contributed by atoms with van der Waals surface area (Å²) in [5, 5.41) is 0. The molecule has 98 valence electrons. The van der Waals surface area contributed by atoms with Crippen molar-refractivity contribution < 1.29 is 0 Å². The first-order chi connectivity index (χ1) is 8.79. The number of hydrogen-bond donors (Lipinski definition) is 1. The standard InChI is InChI=1S/C15H23N3/c16-15-6-7-17(12-15)9-14-10-18(11-14)8-13-4-2-1-3-5-13/h1-5,14-15H,6-12,16H2. The van der Waals surface area contributed by atoms with Gasteiger partial charge in [0.25, 0.3) is 0 Å². The van der Waals surface area contributed by atoms with E-state index in [4.69, 9.17) is 5.73 Å². The van der Waals surface area contributed by atoms with Crippen LogP contribution in [-0.2, 0) is 6.54 Å². The van der Waals surface area contributed by atoms with Crippen LogP contribution in [0.25, 0.3) is 0 Å². The Morgan fingerprint density at radius 3 is 2.50 bits per heavy atom. The van der Waals surface area contributed by atoms with Crippen LogP contribution in [0.4, 0.5) is 0 Å². The molecule has 0 spiro atoms. The number of nitrogens with two attached hydrogens (primary N) is 1. The van der Waals surface area contributed by atoms with Gasteiger partial charge in [0.2, 0.25) is 0 Å². The minimum atomic E-state index is 0.422. The second-order valence-electron chi connectivity index (χ2n) is 5.85. The highest BCUT2D eigenvalue weighted by molar-refractivity contribution is 5.14. The van der Waals surface area contributed by atoms with Crippen molar-refractivity contribution in [2.24, 2.45) is 11.7 Å². The summed E-state index contributed by atoms with van der Waals surface area (Å²) in [6.45, 7) is 7.17. The third-order valence-electron chi connectivity index (χ3n) is 4.11. The van der Waals surface area contributed by atoms with E-state index >= 15 is 0 Å². The van der Waals surface area contributed by atoms with Crippen molar-refractivity contribution in [1.29, 1.82) is 0 Å². The maximum atomic E-state index is 5.94. The lowest BCUT2D eigenvalue weighted by molar-refractivity contribution is 0.0668. The average molecular weight is 245 g/mol. The second kappa shape index (κ2) is 5.39. The zero-order chi connectivity index (χ0) is 12.4. The summed E-state index contributed by atoms with van der Waals surface area (Å²) in [6, 6.07) is 11.2. The summed E-state index contributed by atoms with van der Waals surface area (Å²) in [4.78, 5) is 5.07. The quantitative estimate of drug-likeness (QED) is 0.864. The summed E-state index contributed by atoms with van der Waals surface area (Å²) in [5.74, 6) is 0.860. The molecule has 3 rings (SSSR count). The van der Waals surface area contributed by atoms with Gasteiger partial charge >= 0.3 is 0 Å². The van der Waals surface area contributed by atoms with E-state index in [2.05, 4.69) is 40.1 Å². The summed E-state index contributed by atoms with van der Waals surface area (Å²) >= 11 is 0. The van der Waals surface area contributed by atoms with E-state index in [9.17, 15) is 0 Å². The lowest BCUT2D eigenvalue weighted by atomic mass is 9.98. The molecule has 0 aromatic heterocycles. The Hall–Kier alpha value is -0.900. The molecule has 0 bridgehead atoms. The van der Waals surface area contributed by atoms with Crippen LogP contribution in [-0.4, -0.2) is 48.6 Å². The number of hydrogen-bond acceptors (Lipinski definition) is 3. The first-order valence-corrected chi connectivity index (χ1v) is 7.04. The van der Waals surface area contributed by atoms with Crippen LogP contribution < -0.4 is 5.73 Å². The predicted molar refractivity (Wildman–Crippen MR) is 74.2 cm³/mol. The van der Waals surface area contributed by atoms with Gasteiger partial charge in [-0.1, -0.05) is 30.3 Å². The molecule has 2 aliphatic rings. The fourth-order valence-corrected chi connectivity index (χ4v) is 3.16. The molecule has 3 nitrogen and oxygen atoms in total. The summed E-state index contributed by atoms with van der Waals surface area (Å²) in [7, 11) is 0. The van der Waals surface area contributed by atoms with E-state index in [0.29, 0.717) is 6.04 Å². The zero-order valence-corrected chi connectivity index (χ0v) is 11.0. The van der Waals surface area contributed by atoms with Gasteiger partial charge in [0.05, 0.1) is 0 Å². The van der Waals surface area contributed by atoms with Gasteiger partial charge in [-0.05, 0) is 24.4 Å². The molecule has 1 atom stereocenters. The molecule has 1 aromatic rings. The van der Waals surface area contributed by atoms with E-state index in [1.165, 1.54) is 38.2 Å². The molecule has 3 heteroatoms. The molecule has 0 saturated carbocycles. The maximum absolute atomic E-state index is 5.94. The highest BCUT2D eigenvalue weighted by Crippen LogP contribution is 2.21. The molecule has 2 aliphatic heterocycles. The van der Waals surface area contributed by atoms with Gasteiger partial charge in [-0.2, -0.15) is 0 Å². The topological polar surface area (TPSA) is 32.5 Å². The Morgan fingerprint density at radius 2 is 1.83 bits per heavy atom. The van der Waals surface area contributed by atoms with Crippen molar-refractivity contribution in [2.75, 3.05) is 32.7 Å². The van der Waals surface area contributed by atoms with Gasteiger partial charge in [-0.3, -0.25) is 4.90 Å². The third kappa shape index (κ3) is 2.91. The minimum absolute atomic E-state index is 0.422. The van der Waals surface area contributed by atoms with E-state index in [1.54, 1.807) is 0 Å². The maximum Gasteiger partial charge on any atom is 0.0234 e. The molecule has 0 radical (unpaired) electrons. The fourth-order valence-electron chi connectivity index (χ4n) is 3.16. The zero-order valence-electron chi connectivity index (χ0n) is 11.0. The molecule has 1 aromatic carbocycles. The van der Waals surface area contributed by atoms with Crippen LogP contribution in [0.5, 0.6) is 0 Å². The first kappa shape index (κ1) is 12.2. The van der Waals surface area contributed by atoms with Crippen LogP contribution in [0.15, 0.2) is 30.3 Å². The molecule has 2 fully saturated rings. The Balaban J connectivity index is 1.38. The van der Waals surface area contributed by atoms with E-state index in [0.717, 1.165) is 19.0 Å². The average Bonchev–Trinajstić information content (AvgIpc) is 2.73. The van der Waals surface area contributed by atoms with Crippen molar-refractivity contribution in [3.8, 4) is 0 Å². The SMILES string of the molecule is NC1CCN(CC2CN(Cc3ccccc3)C2)C1. The van der Waals surface area contributed by atoms with Crippen LogP contribution in [0.1, 0.15) is 12.0 Å². The Bertz CT molecular complexity index is 373. The number of likely N-dealkylation sites (tertiary alicyclic amines) is 2. The molecule has 2 N–H and O–H groups in total. The first-order valence-electron chi connectivity index (χ1n) is 7.04. The molecule has 2 saturated heterocycles. The summed E-state index contributed by atoms with van der Waals surface area (Å²) < 4.78 is 0. The van der Waals surface area contributed by atoms with Crippen molar-refractivity contribution in [3.05, 3.63) is 35.9 Å². The van der Waals surface area contributed by atoms with Gasteiger partial charge in [-0.15, -0.1) is 0 Å². The monoisotopic (exact) mass is 245 g/mol. The van der Waals surface area contributed by atoms with E-state index in [-0.39, 0.29) is 0 Å². The van der Waals surface area contributed by atoms with Crippen LogP contribution in [0, 0.1) is 5.92 Å². The highest BCUT2D eigenvalue weighted by Gasteiger charge is 2.30. The Morgan fingerprint density at radius 1 is 1.06 bits per heavy atom. The molecule has 0 amide bonds. The van der Waals surface area contributed by atoms with Crippen molar-refractivity contribution in [3.63, 3.8) is 0 Å². The smallest absolute Gasteiger partial charge is 0.0234 e. The Labute approximate surface area is 110 Å². The van der Waals surface area contributed by atoms with Crippen LogP contribution in [0.3, 0.4) is 0 Å². The molecule has 2 heterocycles. The molecular weight excluding hydrogens is 222 g/mol. The van der Waals surface area contributed by atoms with Gasteiger partial charge in [0.15, 0.2) is 0 Å². The van der Waals surface area contributed by atoms with E-state index < -0.39 is 0 Å². The van der Waals surface area contributed by atoms with Gasteiger partial charge in [0.1, 0.15) is 0 Å². The second-order valence-corrected chi connectivity index (χ2v) is 5.85.